The van der Waals surface area contributed by atoms with Crippen LogP contribution >= 0.6 is 0 Å². The summed E-state index contributed by atoms with van der Waals surface area (Å²) in [6, 6.07) is 14.1. The molecule has 0 atom stereocenters. The van der Waals surface area contributed by atoms with Crippen LogP contribution in [0.2, 0.25) is 0 Å². The van der Waals surface area contributed by atoms with Crippen LogP contribution in [0, 0.1) is 0 Å². The topological polar surface area (TPSA) is 146 Å². The maximum absolute atomic E-state index is 13.0. The number of ether oxygens (including phenoxy) is 1. The number of carboxylic acid groups (broad SMARTS) is 1. The van der Waals surface area contributed by atoms with E-state index < -0.39 is 6.09 Å². The van der Waals surface area contributed by atoms with Gasteiger partial charge in [0.25, 0.3) is 5.91 Å². The Balaban J connectivity index is 1.43. The number of nitrogens with one attached hydrogen (secondary N) is 2. The predicted octanol–water partition coefficient (Wildman–Crippen LogP) is 3.74. The van der Waals surface area contributed by atoms with Gasteiger partial charge in [-0.25, -0.2) is 19.7 Å². The standard InChI is InChI=1S/C27H26N8O4/c1-39-21-4-2-18(3-5-21)26(36)31-20-15-22(32-23(16-20)33-24-17-28-8-9-29-24)19-6-7-30-25(14-19)34-10-12-35(13-11-34)27(37)38/h2-9,14-17H,10-13H2,1H3,(H,37,38)(H2,29,31,32,33,36). The number of carbonyl (C=O) groups excluding carboxylic acids is 1. The molecule has 0 radical (unpaired) electrons. The normalized spacial score (nSPS) is 13.1. The fraction of sp³-hybridized carbons (Fsp3) is 0.185. The molecule has 0 saturated carbocycles. The minimum Gasteiger partial charge on any atom is -0.497 e. The largest absolute Gasteiger partial charge is 0.497 e. The van der Waals surface area contributed by atoms with Crippen LogP contribution < -0.4 is 20.3 Å². The van der Waals surface area contributed by atoms with Gasteiger partial charge in [0.2, 0.25) is 0 Å². The Bertz CT molecular complexity index is 1460. The Morgan fingerprint density at radius 1 is 0.923 bits per heavy atom. The fourth-order valence-electron chi connectivity index (χ4n) is 4.13. The van der Waals surface area contributed by atoms with Crippen LogP contribution in [0.15, 0.2) is 73.3 Å². The van der Waals surface area contributed by atoms with Crippen molar-refractivity contribution in [3.8, 4) is 17.0 Å². The van der Waals surface area contributed by atoms with Crippen LogP contribution in [-0.2, 0) is 0 Å². The molecule has 3 N–H and O–H groups in total. The second kappa shape index (κ2) is 11.4. The van der Waals surface area contributed by atoms with Gasteiger partial charge in [-0.05, 0) is 42.5 Å². The van der Waals surface area contributed by atoms with Crippen LogP contribution in [-0.4, -0.2) is 75.2 Å². The molecule has 1 aromatic carbocycles. The molecule has 12 heteroatoms. The van der Waals surface area contributed by atoms with Crippen LogP contribution in [0.3, 0.4) is 0 Å². The number of carbonyl (C=O) groups is 2. The predicted molar refractivity (Wildman–Crippen MR) is 146 cm³/mol. The molecule has 4 aromatic rings. The highest BCUT2D eigenvalue weighted by Gasteiger charge is 2.21. The molecule has 2 amide bonds. The van der Waals surface area contributed by atoms with E-state index in [-0.39, 0.29) is 5.91 Å². The number of amides is 2. The zero-order chi connectivity index (χ0) is 27.2. The molecule has 198 valence electrons. The third-order valence-corrected chi connectivity index (χ3v) is 6.17. The second-order valence-corrected chi connectivity index (χ2v) is 8.68. The van der Waals surface area contributed by atoms with Crippen LogP contribution in [0.4, 0.5) is 27.9 Å². The van der Waals surface area contributed by atoms with Gasteiger partial charge in [-0.15, -0.1) is 0 Å². The van der Waals surface area contributed by atoms with E-state index in [9.17, 15) is 14.7 Å². The highest BCUT2D eigenvalue weighted by molar-refractivity contribution is 6.04. The summed E-state index contributed by atoms with van der Waals surface area (Å²) in [5.41, 5.74) is 2.38. The first kappa shape index (κ1) is 25.4. The van der Waals surface area contributed by atoms with Crippen molar-refractivity contribution in [2.24, 2.45) is 0 Å². The van der Waals surface area contributed by atoms with E-state index in [4.69, 9.17) is 9.72 Å². The van der Waals surface area contributed by atoms with E-state index in [1.54, 1.807) is 68.3 Å². The van der Waals surface area contributed by atoms with E-state index in [0.29, 0.717) is 60.5 Å². The van der Waals surface area contributed by atoms with Crippen molar-refractivity contribution in [1.29, 1.82) is 0 Å². The van der Waals surface area contributed by atoms with Crippen molar-refractivity contribution in [2.75, 3.05) is 48.8 Å². The van der Waals surface area contributed by atoms with Crippen molar-refractivity contribution in [1.82, 2.24) is 24.8 Å². The SMILES string of the molecule is COc1ccc(C(=O)Nc2cc(Nc3cnccn3)nc(-c3ccnc(N4CCN(C(=O)O)CC4)c3)c2)cc1. The van der Waals surface area contributed by atoms with Gasteiger partial charge in [-0.1, -0.05) is 0 Å². The number of nitrogens with zero attached hydrogens (tertiary/aromatic N) is 6. The second-order valence-electron chi connectivity index (χ2n) is 8.68. The third kappa shape index (κ3) is 6.18. The van der Waals surface area contributed by atoms with Gasteiger partial charge in [0, 0.05) is 67.7 Å². The van der Waals surface area contributed by atoms with Crippen molar-refractivity contribution in [3.63, 3.8) is 0 Å². The van der Waals surface area contributed by atoms with Gasteiger partial charge >= 0.3 is 6.09 Å². The first-order valence-electron chi connectivity index (χ1n) is 12.2. The minimum atomic E-state index is -0.919. The van der Waals surface area contributed by atoms with Crippen LogP contribution in [0.5, 0.6) is 5.75 Å². The summed E-state index contributed by atoms with van der Waals surface area (Å²) in [6.45, 7) is 1.87. The smallest absolute Gasteiger partial charge is 0.407 e. The Labute approximate surface area is 224 Å². The van der Waals surface area contributed by atoms with Crippen molar-refractivity contribution < 1.29 is 19.4 Å². The van der Waals surface area contributed by atoms with Crippen molar-refractivity contribution in [3.05, 3.63) is 78.9 Å². The van der Waals surface area contributed by atoms with Gasteiger partial charge in [0.05, 0.1) is 19.0 Å². The maximum atomic E-state index is 13.0. The zero-order valence-corrected chi connectivity index (χ0v) is 21.1. The lowest BCUT2D eigenvalue weighted by Crippen LogP contribution is -2.48. The molecule has 0 spiro atoms. The first-order valence-corrected chi connectivity index (χ1v) is 12.2. The maximum Gasteiger partial charge on any atom is 0.407 e. The number of pyridine rings is 2. The zero-order valence-electron chi connectivity index (χ0n) is 21.1. The van der Waals surface area contributed by atoms with Gasteiger partial charge in [-0.2, -0.15) is 0 Å². The highest BCUT2D eigenvalue weighted by Crippen LogP contribution is 2.28. The summed E-state index contributed by atoms with van der Waals surface area (Å²) in [5.74, 6) is 2.06. The van der Waals surface area contributed by atoms with Crippen LogP contribution in [0.25, 0.3) is 11.3 Å². The summed E-state index contributed by atoms with van der Waals surface area (Å²) >= 11 is 0. The van der Waals surface area contributed by atoms with E-state index in [1.165, 1.54) is 4.90 Å². The van der Waals surface area contributed by atoms with E-state index >= 15 is 0 Å². The quantitative estimate of drug-likeness (QED) is 0.325. The molecule has 1 fully saturated rings. The Morgan fingerprint density at radius 3 is 2.41 bits per heavy atom. The summed E-state index contributed by atoms with van der Waals surface area (Å²) in [6.07, 6.45) is 5.49. The number of benzene rings is 1. The average Bonchev–Trinajstić information content (AvgIpc) is 2.97. The number of piperazine rings is 1. The van der Waals surface area contributed by atoms with E-state index in [0.717, 1.165) is 11.4 Å². The molecule has 12 nitrogen and oxygen atoms in total. The molecule has 5 rings (SSSR count). The lowest BCUT2D eigenvalue weighted by molar-refractivity contribution is 0.102. The van der Waals surface area contributed by atoms with Gasteiger partial charge in [0.1, 0.15) is 23.2 Å². The molecule has 1 saturated heterocycles. The molecular formula is C27H26N8O4. The summed E-state index contributed by atoms with van der Waals surface area (Å²) in [4.78, 5) is 45.2. The first-order chi connectivity index (χ1) is 19.0. The average molecular weight is 527 g/mol. The van der Waals surface area contributed by atoms with Crippen molar-refractivity contribution in [2.45, 2.75) is 0 Å². The summed E-state index contributed by atoms with van der Waals surface area (Å²) in [5, 5.41) is 15.3. The number of aromatic nitrogens is 4. The molecule has 3 aromatic heterocycles. The highest BCUT2D eigenvalue weighted by atomic mass is 16.5. The minimum absolute atomic E-state index is 0.285. The molecule has 4 heterocycles. The molecule has 0 unspecified atom stereocenters. The molecular weight excluding hydrogens is 500 g/mol. The Morgan fingerprint density at radius 2 is 1.72 bits per heavy atom. The summed E-state index contributed by atoms with van der Waals surface area (Å²) < 4.78 is 5.18. The molecule has 1 aliphatic heterocycles. The van der Waals surface area contributed by atoms with Crippen LogP contribution in [0.1, 0.15) is 10.4 Å². The molecule has 0 aliphatic carbocycles. The molecule has 0 bridgehead atoms. The van der Waals surface area contributed by atoms with E-state index in [1.807, 2.05) is 17.0 Å². The lowest BCUT2D eigenvalue weighted by Gasteiger charge is -2.33. The molecule has 39 heavy (non-hydrogen) atoms. The number of hydrogen-bond donors (Lipinski definition) is 3. The van der Waals surface area contributed by atoms with Gasteiger partial charge < -0.3 is 30.3 Å². The monoisotopic (exact) mass is 526 g/mol. The number of hydrogen-bond acceptors (Lipinski definition) is 9. The molecule has 1 aliphatic rings. The fourth-order valence-corrected chi connectivity index (χ4v) is 4.13. The van der Waals surface area contributed by atoms with Gasteiger partial charge in [0.15, 0.2) is 0 Å². The Hall–Kier alpha value is -5.26. The lowest BCUT2D eigenvalue weighted by atomic mass is 10.1. The third-order valence-electron chi connectivity index (χ3n) is 6.17. The number of rotatable bonds is 7. The Kier molecular flexibility index (Phi) is 7.44. The van der Waals surface area contributed by atoms with Gasteiger partial charge in [-0.3, -0.25) is 9.78 Å². The van der Waals surface area contributed by atoms with E-state index in [2.05, 4.69) is 25.6 Å². The summed E-state index contributed by atoms with van der Waals surface area (Å²) in [7, 11) is 1.57. The van der Waals surface area contributed by atoms with Crippen molar-refractivity contribution >= 4 is 35.1 Å². The number of methoxy groups -OCH3 is 1. The number of anilines is 4.